The van der Waals surface area contributed by atoms with Crippen LogP contribution in [0.2, 0.25) is 0 Å². The maximum absolute atomic E-state index is 12.3. The minimum atomic E-state index is 0.0383. The number of furan rings is 1. The fourth-order valence-electron chi connectivity index (χ4n) is 2.64. The molecule has 0 atom stereocenters. The van der Waals surface area contributed by atoms with Gasteiger partial charge in [0, 0.05) is 25.1 Å². The smallest absolute Gasteiger partial charge is 0.233 e. The molecule has 0 aliphatic carbocycles. The van der Waals surface area contributed by atoms with Crippen LogP contribution < -0.4 is 0 Å². The minimum absolute atomic E-state index is 0.0383. The molecule has 3 aromatic rings. The summed E-state index contributed by atoms with van der Waals surface area (Å²) < 4.78 is 7.31. The van der Waals surface area contributed by atoms with Crippen molar-refractivity contribution in [2.24, 2.45) is 0 Å². The zero-order valence-electron chi connectivity index (χ0n) is 14.6. The van der Waals surface area contributed by atoms with Crippen LogP contribution >= 0.6 is 11.8 Å². The summed E-state index contributed by atoms with van der Waals surface area (Å²) >= 11 is 1.44. The van der Waals surface area contributed by atoms with Gasteiger partial charge in [-0.2, -0.15) is 0 Å². The number of hydrogen-bond donors (Lipinski definition) is 0. The van der Waals surface area contributed by atoms with E-state index in [9.17, 15) is 4.79 Å². The van der Waals surface area contributed by atoms with Crippen LogP contribution in [-0.4, -0.2) is 33.2 Å². The molecule has 0 bridgehead atoms. The molecule has 0 aliphatic heterocycles. The Morgan fingerprint density at radius 2 is 2.04 bits per heavy atom. The molecule has 0 fully saturated rings. The van der Waals surface area contributed by atoms with Gasteiger partial charge in [0.2, 0.25) is 5.91 Å². The second-order valence-electron chi connectivity index (χ2n) is 6.04. The Labute approximate surface area is 151 Å². The molecule has 0 N–H and O–H groups in total. The number of rotatable bonds is 6. The molecule has 5 nitrogen and oxygen atoms in total. The monoisotopic (exact) mass is 355 g/mol. The number of nitrogens with zero attached hydrogens (tertiary/aromatic N) is 3. The summed E-state index contributed by atoms with van der Waals surface area (Å²) in [5.41, 5.74) is 3.47. The van der Waals surface area contributed by atoms with Crippen LogP contribution in [0.4, 0.5) is 0 Å². The van der Waals surface area contributed by atoms with Crippen molar-refractivity contribution < 1.29 is 9.21 Å². The summed E-state index contributed by atoms with van der Waals surface area (Å²) in [5, 5.41) is 0.810. The molecule has 1 aromatic carbocycles. The van der Waals surface area contributed by atoms with E-state index >= 15 is 0 Å². The second-order valence-corrected chi connectivity index (χ2v) is 6.99. The molecule has 0 radical (unpaired) electrons. The van der Waals surface area contributed by atoms with E-state index < -0.39 is 0 Å². The molecule has 2 aromatic heterocycles. The fraction of sp³-hybridized carbons (Fsp3) is 0.263. The van der Waals surface area contributed by atoms with Gasteiger partial charge in [-0.1, -0.05) is 17.8 Å². The first-order valence-corrected chi connectivity index (χ1v) is 9.02. The SMILES string of the molecule is Cc1cc(C)cc(-n2ccnc2SCC(=O)N(C)Cc2ccco2)c1. The van der Waals surface area contributed by atoms with Crippen molar-refractivity contribution in [2.75, 3.05) is 12.8 Å². The van der Waals surface area contributed by atoms with E-state index in [1.54, 1.807) is 24.4 Å². The summed E-state index contributed by atoms with van der Waals surface area (Å²) in [6.07, 6.45) is 5.30. The van der Waals surface area contributed by atoms with E-state index in [2.05, 4.69) is 37.0 Å². The van der Waals surface area contributed by atoms with E-state index in [1.165, 1.54) is 22.9 Å². The Kier molecular flexibility index (Phi) is 5.28. The van der Waals surface area contributed by atoms with Gasteiger partial charge in [0.25, 0.3) is 0 Å². The lowest BCUT2D eigenvalue weighted by molar-refractivity contribution is -0.127. The van der Waals surface area contributed by atoms with Crippen molar-refractivity contribution >= 4 is 17.7 Å². The first kappa shape index (κ1) is 17.4. The van der Waals surface area contributed by atoms with Crippen molar-refractivity contribution in [3.63, 3.8) is 0 Å². The lowest BCUT2D eigenvalue weighted by Crippen LogP contribution is -2.27. The highest BCUT2D eigenvalue weighted by Gasteiger charge is 2.14. The summed E-state index contributed by atoms with van der Waals surface area (Å²) in [4.78, 5) is 18.4. The van der Waals surface area contributed by atoms with Gasteiger partial charge in [0.05, 0.1) is 18.6 Å². The van der Waals surface area contributed by atoms with Crippen molar-refractivity contribution in [1.29, 1.82) is 0 Å². The normalized spacial score (nSPS) is 10.8. The van der Waals surface area contributed by atoms with E-state index in [-0.39, 0.29) is 5.91 Å². The number of imidazole rings is 1. The Morgan fingerprint density at radius 1 is 1.28 bits per heavy atom. The van der Waals surface area contributed by atoms with Crippen molar-refractivity contribution in [3.8, 4) is 5.69 Å². The van der Waals surface area contributed by atoms with Crippen molar-refractivity contribution in [1.82, 2.24) is 14.5 Å². The first-order valence-electron chi connectivity index (χ1n) is 8.04. The van der Waals surface area contributed by atoms with E-state index in [4.69, 9.17) is 4.42 Å². The third-order valence-corrected chi connectivity index (χ3v) is 4.77. The molecular weight excluding hydrogens is 334 g/mol. The lowest BCUT2D eigenvalue weighted by Gasteiger charge is -2.15. The molecule has 3 rings (SSSR count). The van der Waals surface area contributed by atoms with E-state index in [1.807, 2.05) is 22.9 Å². The van der Waals surface area contributed by atoms with Crippen molar-refractivity contribution in [3.05, 3.63) is 65.9 Å². The largest absolute Gasteiger partial charge is 0.467 e. The minimum Gasteiger partial charge on any atom is -0.467 e. The number of thioether (sulfide) groups is 1. The van der Waals surface area contributed by atoms with Crippen LogP contribution in [0.25, 0.3) is 5.69 Å². The topological polar surface area (TPSA) is 51.3 Å². The van der Waals surface area contributed by atoms with Gasteiger partial charge in [0.1, 0.15) is 5.76 Å². The van der Waals surface area contributed by atoms with Crippen LogP contribution in [0.1, 0.15) is 16.9 Å². The van der Waals surface area contributed by atoms with Gasteiger partial charge >= 0.3 is 0 Å². The Balaban J connectivity index is 1.66. The lowest BCUT2D eigenvalue weighted by atomic mass is 10.1. The Hall–Kier alpha value is -2.47. The molecule has 2 heterocycles. The molecule has 0 saturated heterocycles. The van der Waals surface area contributed by atoms with Crippen LogP contribution in [-0.2, 0) is 11.3 Å². The summed E-state index contributed by atoms with van der Waals surface area (Å²) in [7, 11) is 1.78. The number of hydrogen-bond acceptors (Lipinski definition) is 4. The molecule has 1 amide bonds. The van der Waals surface area contributed by atoms with E-state index in [0.717, 1.165) is 16.6 Å². The highest BCUT2D eigenvalue weighted by molar-refractivity contribution is 7.99. The molecular formula is C19H21N3O2S. The quantitative estimate of drug-likeness (QED) is 0.631. The zero-order chi connectivity index (χ0) is 17.8. The molecule has 0 unspecified atom stereocenters. The first-order chi connectivity index (χ1) is 12.0. The standard InChI is InChI=1S/C19H21N3O2S/c1-14-9-15(2)11-16(10-14)22-7-6-20-19(22)25-13-18(23)21(3)12-17-5-4-8-24-17/h4-11H,12-13H2,1-3H3. The maximum atomic E-state index is 12.3. The fourth-order valence-corrected chi connectivity index (χ4v) is 3.56. The summed E-state index contributed by atoms with van der Waals surface area (Å²) in [6.45, 7) is 4.62. The van der Waals surface area contributed by atoms with Crippen LogP contribution in [0.5, 0.6) is 0 Å². The van der Waals surface area contributed by atoms with Crippen LogP contribution in [0.3, 0.4) is 0 Å². The van der Waals surface area contributed by atoms with Crippen molar-refractivity contribution in [2.45, 2.75) is 25.5 Å². The number of carbonyl (C=O) groups is 1. The van der Waals surface area contributed by atoms with Gasteiger partial charge in [-0.3, -0.25) is 9.36 Å². The third kappa shape index (κ3) is 4.33. The summed E-state index contributed by atoms with van der Waals surface area (Å²) in [5.74, 6) is 1.15. The van der Waals surface area contributed by atoms with Gasteiger partial charge in [-0.25, -0.2) is 4.98 Å². The molecule has 25 heavy (non-hydrogen) atoms. The highest BCUT2D eigenvalue weighted by atomic mass is 32.2. The molecule has 130 valence electrons. The zero-order valence-corrected chi connectivity index (χ0v) is 15.4. The van der Waals surface area contributed by atoms with Gasteiger partial charge in [0.15, 0.2) is 5.16 Å². The average molecular weight is 355 g/mol. The molecule has 0 aliphatic rings. The van der Waals surface area contributed by atoms with Crippen LogP contribution in [0.15, 0.2) is 58.6 Å². The molecule has 0 saturated carbocycles. The van der Waals surface area contributed by atoms with Crippen LogP contribution in [0, 0.1) is 13.8 Å². The number of aromatic nitrogens is 2. The maximum Gasteiger partial charge on any atom is 0.233 e. The predicted octanol–water partition coefficient (Wildman–Crippen LogP) is 3.83. The molecule has 6 heteroatoms. The number of aryl methyl sites for hydroxylation is 2. The number of carbonyl (C=O) groups excluding carboxylic acids is 1. The Morgan fingerprint density at radius 3 is 2.72 bits per heavy atom. The Bertz CT molecular complexity index is 835. The van der Waals surface area contributed by atoms with Gasteiger partial charge in [-0.15, -0.1) is 0 Å². The third-order valence-electron chi connectivity index (χ3n) is 3.82. The highest BCUT2D eigenvalue weighted by Crippen LogP contribution is 2.22. The van der Waals surface area contributed by atoms with Gasteiger partial charge in [-0.05, 0) is 49.2 Å². The second kappa shape index (κ2) is 7.61. The average Bonchev–Trinajstić information content (AvgIpc) is 3.22. The van der Waals surface area contributed by atoms with Gasteiger partial charge < -0.3 is 9.32 Å². The summed E-state index contributed by atoms with van der Waals surface area (Å²) in [6, 6.07) is 10.1. The number of benzene rings is 1. The number of amides is 1. The predicted molar refractivity (Wildman–Crippen MR) is 98.9 cm³/mol. The van der Waals surface area contributed by atoms with E-state index in [0.29, 0.717) is 12.3 Å². The molecule has 0 spiro atoms.